The summed E-state index contributed by atoms with van der Waals surface area (Å²) in [6.45, 7) is -0.438. The Labute approximate surface area is 171 Å². The first-order chi connectivity index (χ1) is 14.6. The van der Waals surface area contributed by atoms with E-state index in [1.807, 2.05) is 18.2 Å². The number of carbonyl (C=O) groups is 3. The van der Waals surface area contributed by atoms with Gasteiger partial charge in [0.05, 0.1) is 12.0 Å². The number of hydrogen-bond acceptors (Lipinski definition) is 7. The summed E-state index contributed by atoms with van der Waals surface area (Å²) in [4.78, 5) is 36.2. The monoisotopic (exact) mass is 407 g/mol. The maximum absolute atomic E-state index is 12.4. The van der Waals surface area contributed by atoms with Crippen molar-refractivity contribution in [2.75, 3.05) is 18.5 Å². The highest BCUT2D eigenvalue weighted by molar-refractivity contribution is 6.02. The molecule has 2 heterocycles. The predicted molar refractivity (Wildman–Crippen MR) is 105 cm³/mol. The van der Waals surface area contributed by atoms with Crippen molar-refractivity contribution in [1.29, 1.82) is 0 Å². The number of ether oxygens (including phenoxy) is 3. The number of esters is 1. The van der Waals surface area contributed by atoms with Crippen molar-refractivity contribution in [3.63, 3.8) is 0 Å². The first-order valence-electron chi connectivity index (χ1n) is 9.11. The normalized spacial score (nSPS) is 12.3. The van der Waals surface area contributed by atoms with Gasteiger partial charge in [-0.05, 0) is 36.4 Å². The standard InChI is InChI=1S/C22H17NO7/c24-18(14-6-7-19-17(10-14)23-20(25)13-29-19)12-30-22(26)21-15(8-9-27-21)11-28-16-4-2-1-3-5-16/h1-10H,11-13H2,(H,23,25). The molecule has 1 aromatic heterocycles. The molecule has 8 heteroatoms. The van der Waals surface area contributed by atoms with Crippen LogP contribution in [0.2, 0.25) is 0 Å². The second-order valence-electron chi connectivity index (χ2n) is 6.42. The molecule has 0 fully saturated rings. The number of Topliss-reactive ketones (excluding diaryl/α,β-unsaturated/α-hetero) is 1. The SMILES string of the molecule is O=C1COc2ccc(C(=O)COC(=O)c3occc3COc3ccccc3)cc2N1. The highest BCUT2D eigenvalue weighted by Crippen LogP contribution is 2.28. The van der Waals surface area contributed by atoms with E-state index in [4.69, 9.17) is 18.6 Å². The van der Waals surface area contributed by atoms with Crippen molar-refractivity contribution >= 4 is 23.3 Å². The lowest BCUT2D eigenvalue weighted by Crippen LogP contribution is -2.25. The van der Waals surface area contributed by atoms with Crippen molar-refractivity contribution in [3.05, 3.63) is 77.7 Å². The number of hydrogen-bond donors (Lipinski definition) is 1. The minimum atomic E-state index is -0.769. The number of ketones is 1. The summed E-state index contributed by atoms with van der Waals surface area (Å²) in [6.07, 6.45) is 1.36. The van der Waals surface area contributed by atoms with Gasteiger partial charge in [0.25, 0.3) is 5.91 Å². The smallest absolute Gasteiger partial charge is 0.375 e. The first-order valence-corrected chi connectivity index (χ1v) is 9.11. The van der Waals surface area contributed by atoms with Gasteiger partial charge < -0.3 is 23.9 Å². The van der Waals surface area contributed by atoms with Gasteiger partial charge in [0.1, 0.15) is 18.1 Å². The first kappa shape index (κ1) is 19.3. The van der Waals surface area contributed by atoms with E-state index < -0.39 is 18.4 Å². The second-order valence-corrected chi connectivity index (χ2v) is 6.42. The van der Waals surface area contributed by atoms with Crippen LogP contribution in [-0.4, -0.2) is 30.9 Å². The fraction of sp³-hybridized carbons (Fsp3) is 0.136. The van der Waals surface area contributed by atoms with Crippen LogP contribution in [0.3, 0.4) is 0 Å². The topological polar surface area (TPSA) is 104 Å². The summed E-state index contributed by atoms with van der Waals surface area (Å²) in [5, 5.41) is 2.62. The lowest BCUT2D eigenvalue weighted by atomic mass is 10.1. The van der Waals surface area contributed by atoms with Gasteiger partial charge in [-0.25, -0.2) is 4.79 Å². The number of benzene rings is 2. The van der Waals surface area contributed by atoms with E-state index in [0.29, 0.717) is 22.7 Å². The van der Waals surface area contributed by atoms with Crippen LogP contribution in [-0.2, 0) is 16.1 Å². The van der Waals surface area contributed by atoms with Gasteiger partial charge in [-0.2, -0.15) is 0 Å². The van der Waals surface area contributed by atoms with Gasteiger partial charge in [0.15, 0.2) is 19.0 Å². The Balaban J connectivity index is 1.36. The molecule has 0 aliphatic carbocycles. The molecule has 1 aliphatic rings. The summed E-state index contributed by atoms with van der Waals surface area (Å²) < 4.78 is 21.2. The molecule has 2 aromatic carbocycles. The van der Waals surface area contributed by atoms with E-state index in [1.165, 1.54) is 12.3 Å². The van der Waals surface area contributed by atoms with Crippen molar-refractivity contribution in [2.24, 2.45) is 0 Å². The summed E-state index contributed by atoms with van der Waals surface area (Å²) in [5.74, 6) is -0.404. The molecule has 1 aliphatic heterocycles. The van der Waals surface area contributed by atoms with Crippen LogP contribution in [0.5, 0.6) is 11.5 Å². The molecular weight excluding hydrogens is 390 g/mol. The van der Waals surface area contributed by atoms with Gasteiger partial charge in [0.2, 0.25) is 5.76 Å². The highest BCUT2D eigenvalue weighted by Gasteiger charge is 2.21. The minimum absolute atomic E-state index is 0.0233. The molecule has 0 saturated carbocycles. The van der Waals surface area contributed by atoms with E-state index in [-0.39, 0.29) is 30.4 Å². The lowest BCUT2D eigenvalue weighted by Gasteiger charge is -2.18. The number of furan rings is 1. The Morgan fingerprint density at radius 2 is 1.90 bits per heavy atom. The average molecular weight is 407 g/mol. The number of rotatable bonds is 7. The number of para-hydroxylation sites is 1. The second kappa shape index (κ2) is 8.52. The van der Waals surface area contributed by atoms with Crippen LogP contribution < -0.4 is 14.8 Å². The summed E-state index contributed by atoms with van der Waals surface area (Å²) in [7, 11) is 0. The van der Waals surface area contributed by atoms with Crippen molar-refractivity contribution < 1.29 is 33.0 Å². The third-order valence-electron chi connectivity index (χ3n) is 4.34. The maximum Gasteiger partial charge on any atom is 0.375 e. The number of anilines is 1. The molecule has 0 unspecified atom stereocenters. The zero-order chi connectivity index (χ0) is 20.9. The average Bonchev–Trinajstić information content (AvgIpc) is 3.24. The highest BCUT2D eigenvalue weighted by atomic mass is 16.5. The van der Waals surface area contributed by atoms with Crippen LogP contribution in [0.4, 0.5) is 5.69 Å². The van der Waals surface area contributed by atoms with Gasteiger partial charge in [-0.1, -0.05) is 18.2 Å². The molecule has 0 radical (unpaired) electrons. The van der Waals surface area contributed by atoms with E-state index in [9.17, 15) is 14.4 Å². The Morgan fingerprint density at radius 3 is 2.73 bits per heavy atom. The Hall–Kier alpha value is -4.07. The van der Waals surface area contributed by atoms with Gasteiger partial charge in [-0.15, -0.1) is 0 Å². The largest absolute Gasteiger partial charge is 0.489 e. The van der Waals surface area contributed by atoms with E-state index in [1.54, 1.807) is 30.3 Å². The number of carbonyl (C=O) groups excluding carboxylic acids is 3. The third-order valence-corrected chi connectivity index (χ3v) is 4.34. The van der Waals surface area contributed by atoms with Crippen LogP contribution in [0.1, 0.15) is 26.5 Å². The predicted octanol–water partition coefficient (Wildman–Crippen LogP) is 3.23. The van der Waals surface area contributed by atoms with Crippen LogP contribution in [0, 0.1) is 0 Å². The summed E-state index contributed by atoms with van der Waals surface area (Å²) >= 11 is 0. The molecule has 1 amide bonds. The fourth-order valence-corrected chi connectivity index (χ4v) is 2.84. The summed E-state index contributed by atoms with van der Waals surface area (Å²) in [6, 6.07) is 15.3. The minimum Gasteiger partial charge on any atom is -0.489 e. The molecule has 8 nitrogen and oxygen atoms in total. The van der Waals surface area contributed by atoms with Gasteiger partial charge in [0, 0.05) is 11.1 Å². The molecule has 4 rings (SSSR count). The van der Waals surface area contributed by atoms with Gasteiger partial charge >= 0.3 is 5.97 Å². The van der Waals surface area contributed by atoms with Crippen molar-refractivity contribution in [2.45, 2.75) is 6.61 Å². The number of fused-ring (bicyclic) bond motifs is 1. The zero-order valence-corrected chi connectivity index (χ0v) is 15.8. The van der Waals surface area contributed by atoms with Gasteiger partial charge in [-0.3, -0.25) is 9.59 Å². The van der Waals surface area contributed by atoms with Crippen LogP contribution in [0.15, 0.2) is 65.3 Å². The maximum atomic E-state index is 12.4. The molecule has 152 valence electrons. The molecule has 0 spiro atoms. The Morgan fingerprint density at radius 1 is 1.07 bits per heavy atom. The molecule has 30 heavy (non-hydrogen) atoms. The van der Waals surface area contributed by atoms with Crippen LogP contribution >= 0.6 is 0 Å². The van der Waals surface area contributed by atoms with Crippen molar-refractivity contribution in [1.82, 2.24) is 0 Å². The van der Waals surface area contributed by atoms with Crippen LogP contribution in [0.25, 0.3) is 0 Å². The fourth-order valence-electron chi connectivity index (χ4n) is 2.84. The lowest BCUT2D eigenvalue weighted by molar-refractivity contribution is -0.118. The molecule has 0 saturated heterocycles. The summed E-state index contributed by atoms with van der Waals surface area (Å²) in [5.41, 5.74) is 1.18. The van der Waals surface area contributed by atoms with E-state index in [2.05, 4.69) is 5.32 Å². The number of amides is 1. The molecule has 0 bridgehead atoms. The zero-order valence-electron chi connectivity index (χ0n) is 15.8. The molecular formula is C22H17NO7. The molecule has 1 N–H and O–H groups in total. The van der Waals surface area contributed by atoms with E-state index in [0.717, 1.165) is 0 Å². The Kier molecular flexibility index (Phi) is 5.47. The molecule has 3 aromatic rings. The molecule has 0 atom stereocenters. The number of nitrogens with one attached hydrogen (secondary N) is 1. The quantitative estimate of drug-likeness (QED) is 0.474. The van der Waals surface area contributed by atoms with Crippen molar-refractivity contribution in [3.8, 4) is 11.5 Å². The Bertz CT molecular complexity index is 1090. The third kappa shape index (κ3) is 4.33. The van der Waals surface area contributed by atoms with E-state index >= 15 is 0 Å².